The van der Waals surface area contributed by atoms with Gasteiger partial charge in [0.2, 0.25) is 0 Å². The van der Waals surface area contributed by atoms with Crippen molar-refractivity contribution in [3.8, 4) is 11.8 Å². The summed E-state index contributed by atoms with van der Waals surface area (Å²) in [5.74, 6) is -0.566. The molecule has 0 bridgehead atoms. The molecule has 0 atom stereocenters. The van der Waals surface area contributed by atoms with Crippen molar-refractivity contribution in [3.05, 3.63) is 119 Å². The maximum Gasteiger partial charge on any atom is 0.123 e. The second kappa shape index (κ2) is 9.02. The van der Waals surface area contributed by atoms with Crippen LogP contribution >= 0.6 is 0 Å². The van der Waals surface area contributed by atoms with E-state index in [0.717, 1.165) is 22.5 Å². The zero-order valence-corrected chi connectivity index (χ0v) is 16.4. The summed E-state index contributed by atoms with van der Waals surface area (Å²) in [6, 6.07) is 23.6. The van der Waals surface area contributed by atoms with Gasteiger partial charge in [0, 0.05) is 0 Å². The Balaban J connectivity index is 1.69. The molecule has 0 radical (unpaired) electrons. The molecule has 0 saturated carbocycles. The van der Waals surface area contributed by atoms with Crippen LogP contribution in [0.2, 0.25) is 0 Å². The summed E-state index contributed by atoms with van der Waals surface area (Å²) >= 11 is 0. The first kappa shape index (κ1) is 20.0. The number of benzene rings is 3. The van der Waals surface area contributed by atoms with Gasteiger partial charge < -0.3 is 0 Å². The minimum atomic E-state index is -0.284. The predicted molar refractivity (Wildman–Crippen MR) is 119 cm³/mol. The number of aromatic nitrogens is 2. The zero-order valence-electron chi connectivity index (χ0n) is 16.4. The van der Waals surface area contributed by atoms with Crippen LogP contribution < -0.4 is 0 Å². The van der Waals surface area contributed by atoms with Crippen LogP contribution in [0.5, 0.6) is 0 Å². The molecule has 3 aromatic carbocycles. The fraction of sp³-hybridized carbons (Fsp3) is 0. The van der Waals surface area contributed by atoms with Crippen LogP contribution in [0.15, 0.2) is 78.9 Å². The molecular weight excluding hydrogens is 392 g/mol. The molecule has 1 aromatic heterocycles. The van der Waals surface area contributed by atoms with Gasteiger partial charge in [-0.2, -0.15) is 10.4 Å². The van der Waals surface area contributed by atoms with E-state index in [2.05, 4.69) is 11.2 Å². The molecule has 4 aromatic rings. The number of rotatable bonds is 5. The lowest BCUT2D eigenvalue weighted by molar-refractivity contribution is 0.627. The standard InChI is InChI=1S/C26H17F2N3/c27-22-9-1-19(2-10-22)5-13-24-17-26(16-6-20-3-11-23(28)12-4-20)31(30-24)25-14-7-21(18-29)8-15-25/h1-17H. The Morgan fingerprint density at radius 2 is 1.26 bits per heavy atom. The molecule has 0 aliphatic carbocycles. The summed E-state index contributed by atoms with van der Waals surface area (Å²) in [4.78, 5) is 0. The minimum absolute atomic E-state index is 0.282. The van der Waals surface area contributed by atoms with Crippen LogP contribution in [0.25, 0.3) is 30.0 Å². The van der Waals surface area contributed by atoms with Crippen molar-refractivity contribution in [3.63, 3.8) is 0 Å². The number of halogens is 2. The highest BCUT2D eigenvalue weighted by atomic mass is 19.1. The third-order valence-corrected chi connectivity index (χ3v) is 4.63. The van der Waals surface area contributed by atoms with Gasteiger partial charge in [-0.05, 0) is 77.9 Å². The van der Waals surface area contributed by atoms with Gasteiger partial charge >= 0.3 is 0 Å². The van der Waals surface area contributed by atoms with Crippen LogP contribution in [-0.2, 0) is 0 Å². The van der Waals surface area contributed by atoms with Crippen LogP contribution in [0, 0.1) is 23.0 Å². The number of nitriles is 1. The summed E-state index contributed by atoms with van der Waals surface area (Å²) < 4.78 is 28.0. The maximum atomic E-state index is 13.2. The van der Waals surface area contributed by atoms with Gasteiger partial charge in [-0.3, -0.25) is 0 Å². The molecule has 0 amide bonds. The molecule has 0 aliphatic heterocycles. The summed E-state index contributed by atoms with van der Waals surface area (Å²) in [6.07, 6.45) is 7.48. The van der Waals surface area contributed by atoms with Crippen LogP contribution in [0.3, 0.4) is 0 Å². The highest BCUT2D eigenvalue weighted by Crippen LogP contribution is 2.18. The van der Waals surface area contributed by atoms with Gasteiger partial charge in [-0.25, -0.2) is 13.5 Å². The van der Waals surface area contributed by atoms with Crippen LogP contribution in [0.1, 0.15) is 28.1 Å². The fourth-order valence-corrected chi connectivity index (χ4v) is 3.01. The van der Waals surface area contributed by atoms with E-state index in [-0.39, 0.29) is 11.6 Å². The van der Waals surface area contributed by atoms with E-state index in [1.54, 1.807) is 41.1 Å². The Bertz CT molecular complexity index is 1270. The third-order valence-electron chi connectivity index (χ3n) is 4.63. The van der Waals surface area contributed by atoms with Gasteiger partial charge in [-0.15, -0.1) is 0 Å². The first-order chi connectivity index (χ1) is 15.1. The SMILES string of the molecule is N#Cc1ccc(-n2nc(C=Cc3ccc(F)cc3)cc2C=Cc2ccc(F)cc2)cc1. The number of hydrogen-bond donors (Lipinski definition) is 0. The van der Waals surface area contributed by atoms with Crippen molar-refractivity contribution < 1.29 is 8.78 Å². The first-order valence-electron chi connectivity index (χ1n) is 9.59. The van der Waals surface area contributed by atoms with Crippen molar-refractivity contribution in [2.45, 2.75) is 0 Å². The van der Waals surface area contributed by atoms with Crippen molar-refractivity contribution in [2.24, 2.45) is 0 Å². The molecule has 31 heavy (non-hydrogen) atoms. The summed E-state index contributed by atoms with van der Waals surface area (Å²) in [7, 11) is 0. The molecule has 0 spiro atoms. The molecule has 0 N–H and O–H groups in total. The van der Waals surface area contributed by atoms with E-state index in [1.807, 2.05) is 42.5 Å². The molecule has 0 saturated heterocycles. The highest BCUT2D eigenvalue weighted by molar-refractivity contribution is 5.73. The van der Waals surface area contributed by atoms with E-state index in [0.29, 0.717) is 11.3 Å². The Kier molecular flexibility index (Phi) is 5.82. The quantitative estimate of drug-likeness (QED) is 0.385. The average molecular weight is 409 g/mol. The molecule has 1 heterocycles. The lowest BCUT2D eigenvalue weighted by Crippen LogP contribution is -1.99. The molecule has 150 valence electrons. The molecule has 4 rings (SSSR count). The molecule has 0 fully saturated rings. The average Bonchev–Trinajstić information content (AvgIpc) is 3.21. The van der Waals surface area contributed by atoms with Gasteiger partial charge in [0.1, 0.15) is 11.6 Å². The largest absolute Gasteiger partial charge is 0.233 e. The summed E-state index contributed by atoms with van der Waals surface area (Å²) in [5, 5.41) is 13.7. The molecule has 3 nitrogen and oxygen atoms in total. The molecule has 0 unspecified atom stereocenters. The van der Waals surface area contributed by atoms with E-state index in [4.69, 9.17) is 5.26 Å². The number of nitrogens with zero attached hydrogens (tertiary/aromatic N) is 3. The van der Waals surface area contributed by atoms with Crippen molar-refractivity contribution in [1.29, 1.82) is 5.26 Å². The van der Waals surface area contributed by atoms with Crippen molar-refractivity contribution >= 4 is 24.3 Å². The lowest BCUT2D eigenvalue weighted by Gasteiger charge is -2.04. The lowest BCUT2D eigenvalue weighted by atomic mass is 10.1. The van der Waals surface area contributed by atoms with Crippen LogP contribution in [-0.4, -0.2) is 9.78 Å². The van der Waals surface area contributed by atoms with Crippen molar-refractivity contribution in [1.82, 2.24) is 9.78 Å². The summed E-state index contributed by atoms with van der Waals surface area (Å²) in [5.41, 5.74) is 4.62. The van der Waals surface area contributed by atoms with E-state index < -0.39 is 0 Å². The van der Waals surface area contributed by atoms with Gasteiger partial charge in [0.05, 0.1) is 28.7 Å². The van der Waals surface area contributed by atoms with E-state index >= 15 is 0 Å². The second-order valence-corrected chi connectivity index (χ2v) is 6.83. The zero-order chi connectivity index (χ0) is 21.6. The Labute approximate surface area is 178 Å². The highest BCUT2D eigenvalue weighted by Gasteiger charge is 2.07. The Morgan fingerprint density at radius 1 is 0.710 bits per heavy atom. The molecular formula is C26H17F2N3. The molecule has 0 aliphatic rings. The minimum Gasteiger partial charge on any atom is -0.233 e. The predicted octanol–water partition coefficient (Wildman–Crippen LogP) is 6.36. The fourth-order valence-electron chi connectivity index (χ4n) is 3.01. The smallest absolute Gasteiger partial charge is 0.123 e. The summed E-state index contributed by atoms with van der Waals surface area (Å²) in [6.45, 7) is 0. The third kappa shape index (κ3) is 5.01. The monoisotopic (exact) mass is 409 g/mol. The van der Waals surface area contributed by atoms with Gasteiger partial charge in [0.25, 0.3) is 0 Å². The number of hydrogen-bond acceptors (Lipinski definition) is 2. The van der Waals surface area contributed by atoms with Gasteiger partial charge in [0.15, 0.2) is 0 Å². The maximum absolute atomic E-state index is 13.2. The van der Waals surface area contributed by atoms with Crippen molar-refractivity contribution in [2.75, 3.05) is 0 Å². The van der Waals surface area contributed by atoms with Gasteiger partial charge in [-0.1, -0.05) is 36.4 Å². The Hall–Kier alpha value is -4.30. The topological polar surface area (TPSA) is 41.6 Å². The molecule has 5 heteroatoms. The second-order valence-electron chi connectivity index (χ2n) is 6.83. The van der Waals surface area contributed by atoms with E-state index in [1.165, 1.54) is 24.3 Å². The van der Waals surface area contributed by atoms with E-state index in [9.17, 15) is 8.78 Å². The normalized spacial score (nSPS) is 11.3. The first-order valence-corrected chi connectivity index (χ1v) is 9.59. The van der Waals surface area contributed by atoms with Crippen LogP contribution in [0.4, 0.5) is 8.78 Å². The Morgan fingerprint density at radius 3 is 1.81 bits per heavy atom.